The average Bonchev–Trinajstić information content (AvgIpc) is 2.33. The molecule has 0 spiro atoms. The molecule has 19 heavy (non-hydrogen) atoms. The van der Waals surface area contributed by atoms with Gasteiger partial charge in [-0.2, -0.15) is 0 Å². The number of hydrogen-bond donors (Lipinski definition) is 2. The summed E-state index contributed by atoms with van der Waals surface area (Å²) in [6.07, 6.45) is 0. The van der Waals surface area contributed by atoms with E-state index in [9.17, 15) is 8.42 Å². The highest BCUT2D eigenvalue weighted by molar-refractivity contribution is 7.89. The maximum Gasteiger partial charge on any atom is 0.240 e. The highest BCUT2D eigenvalue weighted by Gasteiger charge is 2.17. The van der Waals surface area contributed by atoms with Crippen LogP contribution in [0.5, 0.6) is 0 Å². The number of aryl methyl sites for hydroxylation is 1. The maximum absolute atomic E-state index is 12.1. The van der Waals surface area contributed by atoms with Gasteiger partial charge in [-0.25, -0.2) is 13.1 Å². The first-order valence-electron chi connectivity index (χ1n) is 6.13. The minimum Gasteiger partial charge on any atom is -0.398 e. The van der Waals surface area contributed by atoms with Crippen LogP contribution in [0.1, 0.15) is 18.1 Å². The minimum absolute atomic E-state index is 0.115. The van der Waals surface area contributed by atoms with Crippen LogP contribution in [0.3, 0.4) is 0 Å². The van der Waals surface area contributed by atoms with E-state index in [1.165, 1.54) is 6.07 Å². The predicted molar refractivity (Wildman–Crippen MR) is 76.6 cm³/mol. The normalized spacial score (nSPS) is 13.5. The van der Waals surface area contributed by atoms with Crippen LogP contribution >= 0.6 is 0 Å². The Morgan fingerprint density at radius 2 is 2.00 bits per heavy atom. The molecule has 0 bridgehead atoms. The van der Waals surface area contributed by atoms with Gasteiger partial charge in [0.25, 0.3) is 0 Å². The van der Waals surface area contributed by atoms with Crippen molar-refractivity contribution in [3.63, 3.8) is 0 Å². The molecular weight excluding hydrogens is 264 g/mol. The van der Waals surface area contributed by atoms with Gasteiger partial charge in [0, 0.05) is 25.9 Å². The van der Waals surface area contributed by atoms with Gasteiger partial charge < -0.3 is 10.5 Å². The van der Waals surface area contributed by atoms with Gasteiger partial charge in [-0.3, -0.25) is 0 Å². The molecule has 0 aliphatic carbocycles. The molecule has 1 atom stereocenters. The first-order valence-corrected chi connectivity index (χ1v) is 7.61. The van der Waals surface area contributed by atoms with E-state index in [4.69, 9.17) is 10.5 Å². The van der Waals surface area contributed by atoms with Gasteiger partial charge in [0.1, 0.15) is 0 Å². The van der Waals surface area contributed by atoms with Crippen molar-refractivity contribution in [2.75, 3.05) is 26.0 Å². The molecule has 0 aromatic heterocycles. The van der Waals surface area contributed by atoms with E-state index in [0.717, 1.165) is 11.1 Å². The second-order valence-corrected chi connectivity index (χ2v) is 6.63. The fourth-order valence-corrected chi connectivity index (χ4v) is 2.97. The molecule has 6 heteroatoms. The topological polar surface area (TPSA) is 81.4 Å². The van der Waals surface area contributed by atoms with Crippen molar-refractivity contribution >= 4 is 15.7 Å². The standard InChI is InChI=1S/C13H22N2O3S/c1-9(8-18-4)7-15-19(16,17)12-5-10(2)11(3)13(14)6-12/h5-6,9,15H,7-8,14H2,1-4H3. The third-order valence-corrected chi connectivity index (χ3v) is 4.47. The molecule has 0 aliphatic heterocycles. The van der Waals surface area contributed by atoms with Crippen LogP contribution in [0.25, 0.3) is 0 Å². The number of benzene rings is 1. The largest absolute Gasteiger partial charge is 0.398 e. The first-order chi connectivity index (χ1) is 8.77. The van der Waals surface area contributed by atoms with Crippen LogP contribution in [0, 0.1) is 19.8 Å². The van der Waals surface area contributed by atoms with Gasteiger partial charge >= 0.3 is 0 Å². The molecule has 1 unspecified atom stereocenters. The number of hydrogen-bond acceptors (Lipinski definition) is 4. The highest BCUT2D eigenvalue weighted by atomic mass is 32.2. The minimum atomic E-state index is -3.52. The third-order valence-electron chi connectivity index (χ3n) is 3.06. The average molecular weight is 286 g/mol. The Morgan fingerprint density at radius 3 is 2.53 bits per heavy atom. The molecule has 0 amide bonds. The zero-order valence-corrected chi connectivity index (χ0v) is 12.7. The van der Waals surface area contributed by atoms with E-state index in [1.54, 1.807) is 13.2 Å². The van der Waals surface area contributed by atoms with Crippen molar-refractivity contribution in [3.8, 4) is 0 Å². The van der Waals surface area contributed by atoms with E-state index in [2.05, 4.69) is 4.72 Å². The zero-order valence-electron chi connectivity index (χ0n) is 11.9. The summed E-state index contributed by atoms with van der Waals surface area (Å²) in [5, 5.41) is 0. The van der Waals surface area contributed by atoms with E-state index >= 15 is 0 Å². The van der Waals surface area contributed by atoms with E-state index < -0.39 is 10.0 Å². The summed E-state index contributed by atoms with van der Waals surface area (Å²) in [5.41, 5.74) is 8.08. The van der Waals surface area contributed by atoms with Gasteiger partial charge in [0.05, 0.1) is 4.90 Å². The maximum atomic E-state index is 12.1. The van der Waals surface area contributed by atoms with Crippen molar-refractivity contribution in [1.82, 2.24) is 4.72 Å². The molecule has 0 heterocycles. The summed E-state index contributed by atoms with van der Waals surface area (Å²) in [4.78, 5) is 0.206. The lowest BCUT2D eigenvalue weighted by Crippen LogP contribution is -2.30. The van der Waals surface area contributed by atoms with Crippen molar-refractivity contribution < 1.29 is 13.2 Å². The molecule has 0 aliphatic rings. The van der Waals surface area contributed by atoms with Gasteiger partial charge in [0.15, 0.2) is 0 Å². The Hall–Kier alpha value is -1.11. The lowest BCUT2D eigenvalue weighted by molar-refractivity contribution is 0.161. The Labute approximate surface area is 115 Å². The number of nitrogens with one attached hydrogen (secondary N) is 1. The van der Waals surface area contributed by atoms with Crippen molar-refractivity contribution in [2.24, 2.45) is 5.92 Å². The molecule has 1 aromatic rings. The van der Waals surface area contributed by atoms with E-state index in [-0.39, 0.29) is 10.8 Å². The molecule has 0 fully saturated rings. The lowest BCUT2D eigenvalue weighted by atomic mass is 10.1. The Kier molecular flexibility index (Phi) is 5.34. The van der Waals surface area contributed by atoms with Crippen LogP contribution < -0.4 is 10.5 Å². The van der Waals surface area contributed by atoms with Crippen LogP contribution in [-0.2, 0) is 14.8 Å². The van der Waals surface area contributed by atoms with E-state index in [0.29, 0.717) is 18.8 Å². The summed E-state index contributed by atoms with van der Waals surface area (Å²) >= 11 is 0. The number of nitrogen functional groups attached to an aromatic ring is 1. The number of rotatable bonds is 6. The van der Waals surface area contributed by atoms with Crippen LogP contribution in [0.2, 0.25) is 0 Å². The quantitative estimate of drug-likeness (QED) is 0.775. The summed E-state index contributed by atoms with van der Waals surface area (Å²) < 4.78 is 31.8. The van der Waals surface area contributed by atoms with Crippen LogP contribution in [0.15, 0.2) is 17.0 Å². The Balaban J connectivity index is 2.89. The second-order valence-electron chi connectivity index (χ2n) is 4.87. The Morgan fingerprint density at radius 1 is 1.37 bits per heavy atom. The van der Waals surface area contributed by atoms with Gasteiger partial charge in [-0.15, -0.1) is 0 Å². The number of ether oxygens (including phenoxy) is 1. The summed E-state index contributed by atoms with van der Waals surface area (Å²) in [6, 6.07) is 3.13. The van der Waals surface area contributed by atoms with Crippen LogP contribution in [0.4, 0.5) is 5.69 Å². The first kappa shape index (κ1) is 15.9. The third kappa shape index (κ3) is 4.19. The number of methoxy groups -OCH3 is 1. The fourth-order valence-electron chi connectivity index (χ4n) is 1.69. The molecule has 0 radical (unpaired) electrons. The van der Waals surface area contributed by atoms with Gasteiger partial charge in [-0.05, 0) is 43.0 Å². The molecular formula is C13H22N2O3S. The monoisotopic (exact) mass is 286 g/mol. The zero-order chi connectivity index (χ0) is 14.6. The lowest BCUT2D eigenvalue weighted by Gasteiger charge is -2.13. The molecule has 108 valence electrons. The van der Waals surface area contributed by atoms with Crippen molar-refractivity contribution in [3.05, 3.63) is 23.3 Å². The molecule has 5 nitrogen and oxygen atoms in total. The van der Waals surface area contributed by atoms with Crippen LogP contribution in [-0.4, -0.2) is 28.7 Å². The summed E-state index contributed by atoms with van der Waals surface area (Å²) in [6.45, 7) is 6.48. The number of anilines is 1. The Bertz CT molecular complexity index is 518. The number of sulfonamides is 1. The second kappa shape index (κ2) is 6.36. The molecule has 0 saturated heterocycles. The predicted octanol–water partition coefficient (Wildman–Crippen LogP) is 1.45. The van der Waals surface area contributed by atoms with Crippen molar-refractivity contribution in [2.45, 2.75) is 25.7 Å². The van der Waals surface area contributed by atoms with Gasteiger partial charge in [-0.1, -0.05) is 6.92 Å². The SMILES string of the molecule is COCC(C)CNS(=O)(=O)c1cc(C)c(C)c(N)c1. The number of nitrogens with two attached hydrogens (primary N) is 1. The van der Waals surface area contributed by atoms with Crippen molar-refractivity contribution in [1.29, 1.82) is 0 Å². The molecule has 1 rings (SSSR count). The molecule has 0 saturated carbocycles. The van der Waals surface area contributed by atoms with E-state index in [1.807, 2.05) is 20.8 Å². The summed E-state index contributed by atoms with van der Waals surface area (Å²) in [7, 11) is -1.93. The van der Waals surface area contributed by atoms with Gasteiger partial charge in [0.2, 0.25) is 10.0 Å². The fraction of sp³-hybridized carbons (Fsp3) is 0.538. The highest BCUT2D eigenvalue weighted by Crippen LogP contribution is 2.21. The smallest absolute Gasteiger partial charge is 0.240 e. The molecule has 3 N–H and O–H groups in total. The molecule has 1 aromatic carbocycles. The summed E-state index contributed by atoms with van der Waals surface area (Å²) in [5.74, 6) is 0.115.